The first-order valence-corrected chi connectivity index (χ1v) is 13.7. The fraction of sp³-hybridized carbons (Fsp3) is 0.300. The van der Waals surface area contributed by atoms with Crippen LogP contribution < -0.4 is 4.74 Å². The molecule has 1 atom stereocenters. The number of benzene rings is 3. The summed E-state index contributed by atoms with van der Waals surface area (Å²) in [6, 6.07) is 24.4. The molecule has 0 bridgehead atoms. The molecule has 1 aliphatic heterocycles. The van der Waals surface area contributed by atoms with Crippen LogP contribution in [0.5, 0.6) is 5.75 Å². The van der Waals surface area contributed by atoms with Gasteiger partial charge in [-0.25, -0.2) is 0 Å². The highest BCUT2D eigenvalue weighted by atomic mass is 35.5. The fourth-order valence-corrected chi connectivity index (χ4v) is 6.12. The van der Waals surface area contributed by atoms with Crippen molar-refractivity contribution >= 4 is 38.9 Å². The average Bonchev–Trinajstić information content (AvgIpc) is 3.28. The van der Waals surface area contributed by atoms with Gasteiger partial charge in [0.15, 0.2) is 0 Å². The monoisotopic (exact) mass is 534 g/mol. The molecule has 0 unspecified atom stereocenters. The van der Waals surface area contributed by atoms with E-state index in [1.807, 2.05) is 47.4 Å². The van der Waals surface area contributed by atoms with Gasteiger partial charge in [-0.1, -0.05) is 71.8 Å². The van der Waals surface area contributed by atoms with Crippen molar-refractivity contribution in [3.8, 4) is 5.75 Å². The highest BCUT2D eigenvalue weighted by Gasteiger charge is 2.27. The van der Waals surface area contributed by atoms with E-state index in [-0.39, 0.29) is 12.0 Å². The van der Waals surface area contributed by atoms with E-state index >= 15 is 0 Å². The maximum Gasteiger partial charge on any atom is 0.265 e. The van der Waals surface area contributed by atoms with Gasteiger partial charge in [0.1, 0.15) is 10.6 Å². The van der Waals surface area contributed by atoms with E-state index < -0.39 is 0 Å². The maximum atomic E-state index is 13.3. The second-order valence-electron chi connectivity index (χ2n) is 9.40. The third-order valence-corrected chi connectivity index (χ3v) is 8.51. The Morgan fingerprint density at radius 3 is 2.49 bits per heavy atom. The van der Waals surface area contributed by atoms with Crippen LogP contribution in [-0.2, 0) is 11.3 Å². The lowest BCUT2D eigenvalue weighted by Crippen LogP contribution is -2.49. The molecule has 7 heteroatoms. The number of aryl methyl sites for hydroxylation is 1. The minimum Gasteiger partial charge on any atom is -0.497 e. The van der Waals surface area contributed by atoms with Crippen molar-refractivity contribution in [3.05, 3.63) is 99.4 Å². The number of piperazine rings is 1. The summed E-state index contributed by atoms with van der Waals surface area (Å²) in [5.41, 5.74) is 3.47. The summed E-state index contributed by atoms with van der Waals surface area (Å²) in [5.74, 6) is 0.836. The molecule has 1 amide bonds. The Balaban J connectivity index is 1.25. The van der Waals surface area contributed by atoms with Gasteiger partial charge in [-0.05, 0) is 36.2 Å². The second kappa shape index (κ2) is 11.7. The van der Waals surface area contributed by atoms with E-state index in [4.69, 9.17) is 21.1 Å². The van der Waals surface area contributed by atoms with Crippen molar-refractivity contribution in [2.75, 3.05) is 39.8 Å². The molecule has 0 aliphatic carbocycles. The van der Waals surface area contributed by atoms with E-state index in [0.29, 0.717) is 29.6 Å². The van der Waals surface area contributed by atoms with Gasteiger partial charge in [-0.3, -0.25) is 9.69 Å². The average molecular weight is 535 g/mol. The molecule has 37 heavy (non-hydrogen) atoms. The maximum absolute atomic E-state index is 13.3. The highest BCUT2D eigenvalue weighted by molar-refractivity contribution is 7.21. The number of halogens is 1. The lowest BCUT2D eigenvalue weighted by Gasteiger charge is -2.36. The number of thiophene rings is 1. The fourth-order valence-electron chi connectivity index (χ4n) is 4.64. The topological polar surface area (TPSA) is 42.0 Å². The summed E-state index contributed by atoms with van der Waals surface area (Å²) < 4.78 is 13.0. The Morgan fingerprint density at radius 1 is 1.00 bits per heavy atom. The Hall–Kier alpha value is -2.90. The lowest BCUT2D eigenvalue weighted by molar-refractivity contribution is 0.00339. The number of ether oxygens (including phenoxy) is 2. The number of nitrogens with zero attached hydrogens (tertiary/aromatic N) is 2. The van der Waals surface area contributed by atoms with Crippen molar-refractivity contribution in [2.45, 2.75) is 19.6 Å². The third-order valence-electron chi connectivity index (χ3n) is 6.85. The summed E-state index contributed by atoms with van der Waals surface area (Å²) in [4.78, 5) is 18.2. The Bertz CT molecular complexity index is 1360. The standard InChI is InChI=1S/C30H31ClN2O3S/c1-21-10-12-22(13-11-21)20-36-26(23-6-5-7-24(18-23)35-2)19-32-14-16-33(17-15-32)30(34)29-28(31)25-8-3-4-9-27(25)37-29/h3-13,18,26H,14-17,19-20H2,1-2H3/t26-/m0/s1. The summed E-state index contributed by atoms with van der Waals surface area (Å²) in [6.45, 7) is 6.24. The minimum atomic E-state index is -0.115. The van der Waals surface area contributed by atoms with Gasteiger partial charge in [-0.15, -0.1) is 11.3 Å². The van der Waals surface area contributed by atoms with Gasteiger partial charge in [0.2, 0.25) is 0 Å². The zero-order valence-electron chi connectivity index (χ0n) is 21.2. The molecule has 5 rings (SSSR count). The molecule has 3 aromatic carbocycles. The van der Waals surface area contributed by atoms with Crippen LogP contribution in [-0.4, -0.2) is 55.5 Å². The number of methoxy groups -OCH3 is 1. The van der Waals surface area contributed by atoms with Crippen LogP contribution in [0.4, 0.5) is 0 Å². The number of carbonyl (C=O) groups excluding carboxylic acids is 1. The third kappa shape index (κ3) is 5.99. The number of carbonyl (C=O) groups is 1. The van der Waals surface area contributed by atoms with Gasteiger partial charge in [0.25, 0.3) is 5.91 Å². The number of hydrogen-bond donors (Lipinski definition) is 0. The molecule has 1 aromatic heterocycles. The van der Waals surface area contributed by atoms with Crippen LogP contribution in [0.1, 0.15) is 32.5 Å². The van der Waals surface area contributed by atoms with Gasteiger partial charge >= 0.3 is 0 Å². The smallest absolute Gasteiger partial charge is 0.265 e. The lowest BCUT2D eigenvalue weighted by atomic mass is 10.1. The van der Waals surface area contributed by atoms with Crippen LogP contribution in [0.2, 0.25) is 5.02 Å². The summed E-state index contributed by atoms with van der Waals surface area (Å²) in [7, 11) is 1.68. The summed E-state index contributed by atoms with van der Waals surface area (Å²) >= 11 is 8.06. The van der Waals surface area contributed by atoms with Crippen LogP contribution in [0.15, 0.2) is 72.8 Å². The zero-order chi connectivity index (χ0) is 25.8. The van der Waals surface area contributed by atoms with Crippen molar-refractivity contribution in [1.82, 2.24) is 9.80 Å². The Labute approximate surface area is 227 Å². The van der Waals surface area contributed by atoms with E-state index in [2.05, 4.69) is 42.2 Å². The van der Waals surface area contributed by atoms with Crippen molar-refractivity contribution in [2.24, 2.45) is 0 Å². The molecule has 1 saturated heterocycles. The van der Waals surface area contributed by atoms with E-state index in [9.17, 15) is 4.79 Å². The first-order valence-electron chi connectivity index (χ1n) is 12.5. The first-order chi connectivity index (χ1) is 18.0. The molecule has 1 aliphatic rings. The molecule has 0 N–H and O–H groups in total. The van der Waals surface area contributed by atoms with Crippen LogP contribution in [0, 0.1) is 6.92 Å². The molecule has 0 spiro atoms. The van der Waals surface area contributed by atoms with Crippen LogP contribution in [0.25, 0.3) is 10.1 Å². The van der Waals surface area contributed by atoms with Crippen LogP contribution >= 0.6 is 22.9 Å². The minimum absolute atomic E-state index is 0.0193. The number of amides is 1. The van der Waals surface area contributed by atoms with E-state index in [1.165, 1.54) is 16.9 Å². The largest absolute Gasteiger partial charge is 0.497 e. The van der Waals surface area contributed by atoms with Gasteiger partial charge in [0, 0.05) is 42.8 Å². The van der Waals surface area contributed by atoms with E-state index in [0.717, 1.165) is 46.6 Å². The first kappa shape index (κ1) is 25.7. The number of fused-ring (bicyclic) bond motifs is 1. The Morgan fingerprint density at radius 2 is 1.76 bits per heavy atom. The zero-order valence-corrected chi connectivity index (χ0v) is 22.7. The van der Waals surface area contributed by atoms with Crippen molar-refractivity contribution in [3.63, 3.8) is 0 Å². The molecule has 1 fully saturated rings. The number of hydrogen-bond acceptors (Lipinski definition) is 5. The Kier molecular flexibility index (Phi) is 8.11. The number of rotatable bonds is 8. The van der Waals surface area contributed by atoms with Crippen molar-refractivity contribution in [1.29, 1.82) is 0 Å². The molecule has 192 valence electrons. The predicted molar refractivity (Wildman–Crippen MR) is 151 cm³/mol. The molecule has 0 saturated carbocycles. The summed E-state index contributed by atoms with van der Waals surface area (Å²) in [5, 5.41) is 1.51. The molecular weight excluding hydrogens is 504 g/mol. The molecule has 2 heterocycles. The van der Waals surface area contributed by atoms with Crippen molar-refractivity contribution < 1.29 is 14.3 Å². The van der Waals surface area contributed by atoms with Gasteiger partial charge in [0.05, 0.1) is 24.8 Å². The summed E-state index contributed by atoms with van der Waals surface area (Å²) in [6.07, 6.45) is -0.115. The molecule has 0 radical (unpaired) electrons. The molecular formula is C30H31ClN2O3S. The highest BCUT2D eigenvalue weighted by Crippen LogP contribution is 2.36. The van der Waals surface area contributed by atoms with E-state index in [1.54, 1.807) is 7.11 Å². The molecule has 5 nitrogen and oxygen atoms in total. The SMILES string of the molecule is COc1cccc([C@H](CN2CCN(C(=O)c3sc4ccccc4c3Cl)CC2)OCc2ccc(C)cc2)c1. The predicted octanol–water partition coefficient (Wildman–Crippen LogP) is 6.59. The normalized spacial score (nSPS) is 15.2. The van der Waals surface area contributed by atoms with Crippen LogP contribution in [0.3, 0.4) is 0 Å². The van der Waals surface area contributed by atoms with Gasteiger partial charge < -0.3 is 14.4 Å². The van der Waals surface area contributed by atoms with Gasteiger partial charge in [-0.2, -0.15) is 0 Å². The molecule has 4 aromatic rings. The quantitative estimate of drug-likeness (QED) is 0.256. The second-order valence-corrected chi connectivity index (χ2v) is 10.8.